The van der Waals surface area contributed by atoms with Gasteiger partial charge in [-0.25, -0.2) is 9.97 Å². The van der Waals surface area contributed by atoms with Crippen LogP contribution in [-0.2, 0) is 0 Å². The van der Waals surface area contributed by atoms with Crippen LogP contribution in [0.4, 0.5) is 11.6 Å². The van der Waals surface area contributed by atoms with Crippen molar-refractivity contribution in [2.45, 2.75) is 52.4 Å². The molecule has 7 heteroatoms. The van der Waals surface area contributed by atoms with Crippen molar-refractivity contribution >= 4 is 11.6 Å². The molecule has 0 aromatic carbocycles. The lowest BCUT2D eigenvalue weighted by molar-refractivity contribution is 0.312. The zero-order valence-electron chi connectivity index (χ0n) is 19.3. The zero-order chi connectivity index (χ0) is 21.5. The van der Waals surface area contributed by atoms with Gasteiger partial charge in [0.15, 0.2) is 0 Å². The summed E-state index contributed by atoms with van der Waals surface area (Å²) in [6.07, 6.45) is 9.89. The molecule has 1 fully saturated rings. The number of hydrogen-bond acceptors (Lipinski definition) is 7. The van der Waals surface area contributed by atoms with Crippen LogP contribution in [0.25, 0.3) is 0 Å². The minimum absolute atomic E-state index is 0.396. The Morgan fingerprint density at radius 3 is 2.17 bits per heavy atom. The largest absolute Gasteiger partial charge is 0.356 e. The van der Waals surface area contributed by atoms with Crippen molar-refractivity contribution in [1.82, 2.24) is 24.8 Å². The molecule has 1 atom stereocenters. The monoisotopic (exact) mass is 411 g/mol. The van der Waals surface area contributed by atoms with Crippen LogP contribution in [-0.4, -0.2) is 71.2 Å². The molecule has 0 bridgehead atoms. The summed E-state index contributed by atoms with van der Waals surface area (Å²) in [6, 6.07) is 0. The molecule has 7 nitrogen and oxygen atoms in total. The fourth-order valence-electron chi connectivity index (χ4n) is 3.75. The maximum Gasteiger partial charge on any atom is 0.147 e. The smallest absolute Gasteiger partial charge is 0.147 e. The Morgan fingerprint density at radius 1 is 0.900 bits per heavy atom. The number of anilines is 2. The predicted octanol–water partition coefficient (Wildman–Crippen LogP) is 3.55. The summed E-state index contributed by atoms with van der Waals surface area (Å²) in [5, 5.41) is 0. The van der Waals surface area contributed by atoms with Crippen LogP contribution in [0.1, 0.15) is 63.8 Å². The maximum absolute atomic E-state index is 4.72. The lowest BCUT2D eigenvalue weighted by atomic mass is 10.0. The molecule has 1 unspecified atom stereocenters. The molecule has 164 valence electrons. The van der Waals surface area contributed by atoms with E-state index in [1.165, 1.54) is 0 Å². The van der Waals surface area contributed by atoms with Crippen LogP contribution in [0, 0.1) is 0 Å². The Labute approximate surface area is 181 Å². The first-order valence-corrected chi connectivity index (χ1v) is 11.3. The number of aromatic nitrogens is 4. The maximum atomic E-state index is 4.72. The van der Waals surface area contributed by atoms with Gasteiger partial charge in [0.1, 0.15) is 11.6 Å². The Bertz CT molecular complexity index is 752. The summed E-state index contributed by atoms with van der Waals surface area (Å²) in [6.45, 7) is 14.8. The van der Waals surface area contributed by atoms with Gasteiger partial charge in [-0.2, -0.15) is 0 Å². The van der Waals surface area contributed by atoms with Crippen LogP contribution in [0.2, 0.25) is 0 Å². The van der Waals surface area contributed by atoms with Crippen molar-refractivity contribution in [2.24, 2.45) is 0 Å². The molecule has 1 saturated heterocycles. The first-order chi connectivity index (χ1) is 14.5. The van der Waals surface area contributed by atoms with E-state index in [1.807, 2.05) is 24.8 Å². The molecule has 0 amide bonds. The molecule has 0 saturated carbocycles. The van der Waals surface area contributed by atoms with Gasteiger partial charge in [-0.3, -0.25) is 9.97 Å². The second-order valence-electron chi connectivity index (χ2n) is 8.67. The average Bonchev–Trinajstić information content (AvgIpc) is 2.77. The molecule has 1 aliphatic rings. The van der Waals surface area contributed by atoms with E-state index in [2.05, 4.69) is 59.4 Å². The molecule has 0 N–H and O–H groups in total. The first kappa shape index (κ1) is 22.4. The molecule has 0 spiro atoms. The third kappa shape index (κ3) is 5.88. The molecule has 2 aromatic rings. The quantitative estimate of drug-likeness (QED) is 0.625. The highest BCUT2D eigenvalue weighted by Crippen LogP contribution is 2.21. The van der Waals surface area contributed by atoms with Crippen molar-refractivity contribution < 1.29 is 0 Å². The molecule has 1 aliphatic heterocycles. The Kier molecular flexibility index (Phi) is 7.96. The van der Waals surface area contributed by atoms with Gasteiger partial charge in [0, 0.05) is 39.3 Å². The summed E-state index contributed by atoms with van der Waals surface area (Å²) in [4.78, 5) is 25.6. The Balaban J connectivity index is 1.49. The highest BCUT2D eigenvalue weighted by molar-refractivity contribution is 5.37. The summed E-state index contributed by atoms with van der Waals surface area (Å²) in [5.74, 6) is 2.77. The minimum atomic E-state index is 0.396. The van der Waals surface area contributed by atoms with E-state index >= 15 is 0 Å². The number of hydrogen-bond donors (Lipinski definition) is 0. The van der Waals surface area contributed by atoms with Crippen LogP contribution in [0.15, 0.2) is 24.8 Å². The van der Waals surface area contributed by atoms with Crippen LogP contribution < -0.4 is 9.80 Å². The standard InChI is InChI=1S/C23H37N7/c1-6-29(22-16-24-20(14-26-22)18(2)3)9-7-8-19(4)21-15-27-23(17-25-21)30-12-10-28(5)11-13-30/h14-19H,6-13H2,1-5H3. The third-order valence-electron chi connectivity index (χ3n) is 6.01. The van der Waals surface area contributed by atoms with Crippen molar-refractivity contribution in [3.05, 3.63) is 36.2 Å². The van der Waals surface area contributed by atoms with Gasteiger partial charge in [-0.15, -0.1) is 0 Å². The number of nitrogens with zero attached hydrogens (tertiary/aromatic N) is 7. The number of rotatable bonds is 9. The second kappa shape index (κ2) is 10.7. The van der Waals surface area contributed by atoms with Gasteiger partial charge >= 0.3 is 0 Å². The van der Waals surface area contributed by atoms with Crippen molar-refractivity contribution in [3.8, 4) is 0 Å². The summed E-state index contributed by atoms with van der Waals surface area (Å²) < 4.78 is 0. The second-order valence-corrected chi connectivity index (χ2v) is 8.67. The van der Waals surface area contributed by atoms with E-state index < -0.39 is 0 Å². The number of piperazine rings is 1. The zero-order valence-corrected chi connectivity index (χ0v) is 19.3. The normalized spacial score (nSPS) is 16.1. The highest BCUT2D eigenvalue weighted by Gasteiger charge is 2.16. The Hall–Kier alpha value is -2.28. The number of likely N-dealkylation sites (N-methyl/N-ethyl adjacent to an activating group) is 1. The summed E-state index contributed by atoms with van der Waals surface area (Å²) in [7, 11) is 2.17. The van der Waals surface area contributed by atoms with E-state index in [-0.39, 0.29) is 0 Å². The van der Waals surface area contributed by atoms with Gasteiger partial charge in [-0.05, 0) is 38.6 Å². The molecular weight excluding hydrogens is 374 g/mol. The van der Waals surface area contributed by atoms with Gasteiger partial charge in [-0.1, -0.05) is 20.8 Å². The van der Waals surface area contributed by atoms with Gasteiger partial charge in [0.2, 0.25) is 0 Å². The molecule has 30 heavy (non-hydrogen) atoms. The average molecular weight is 412 g/mol. The van der Waals surface area contributed by atoms with Crippen molar-refractivity contribution in [2.75, 3.05) is 56.1 Å². The van der Waals surface area contributed by atoms with E-state index in [4.69, 9.17) is 9.97 Å². The van der Waals surface area contributed by atoms with Gasteiger partial charge < -0.3 is 14.7 Å². The summed E-state index contributed by atoms with van der Waals surface area (Å²) >= 11 is 0. The molecule has 3 rings (SSSR count). The fraction of sp³-hybridized carbons (Fsp3) is 0.652. The SMILES string of the molecule is CCN(CCCC(C)c1cnc(N2CCN(C)CC2)cn1)c1cnc(C(C)C)cn1. The van der Waals surface area contributed by atoms with Crippen LogP contribution >= 0.6 is 0 Å². The molecular formula is C23H37N7. The van der Waals surface area contributed by atoms with Crippen LogP contribution in [0.5, 0.6) is 0 Å². The van der Waals surface area contributed by atoms with Crippen molar-refractivity contribution in [3.63, 3.8) is 0 Å². The van der Waals surface area contributed by atoms with E-state index in [1.54, 1.807) is 0 Å². The fourth-order valence-corrected chi connectivity index (χ4v) is 3.75. The predicted molar refractivity (Wildman–Crippen MR) is 123 cm³/mol. The van der Waals surface area contributed by atoms with E-state index in [9.17, 15) is 0 Å². The molecule has 0 aliphatic carbocycles. The lowest BCUT2D eigenvalue weighted by Gasteiger charge is -2.33. The Morgan fingerprint density at radius 2 is 1.60 bits per heavy atom. The third-order valence-corrected chi connectivity index (χ3v) is 6.01. The molecule has 3 heterocycles. The van der Waals surface area contributed by atoms with Crippen LogP contribution in [0.3, 0.4) is 0 Å². The highest BCUT2D eigenvalue weighted by atomic mass is 15.3. The topological polar surface area (TPSA) is 61.3 Å². The van der Waals surface area contributed by atoms with E-state index in [0.717, 1.165) is 75.1 Å². The molecule has 2 aromatic heterocycles. The van der Waals surface area contributed by atoms with Gasteiger partial charge in [0.05, 0.1) is 36.2 Å². The van der Waals surface area contributed by atoms with Gasteiger partial charge in [0.25, 0.3) is 0 Å². The lowest BCUT2D eigenvalue weighted by Crippen LogP contribution is -2.44. The molecule has 0 radical (unpaired) electrons. The minimum Gasteiger partial charge on any atom is -0.356 e. The first-order valence-electron chi connectivity index (χ1n) is 11.3. The van der Waals surface area contributed by atoms with Crippen molar-refractivity contribution in [1.29, 1.82) is 0 Å². The summed E-state index contributed by atoms with van der Waals surface area (Å²) in [5.41, 5.74) is 2.12. The van der Waals surface area contributed by atoms with E-state index in [0.29, 0.717) is 11.8 Å².